The Balaban J connectivity index is 1.30. The molecule has 2 aromatic carbocycles. The number of thioether (sulfide) groups is 1. The van der Waals surface area contributed by atoms with Crippen LogP contribution in [0.5, 0.6) is 0 Å². The van der Waals surface area contributed by atoms with Gasteiger partial charge in [-0.2, -0.15) is 0 Å². The maximum atomic E-state index is 12.6. The monoisotopic (exact) mass is 516 g/mol. The Bertz CT molecular complexity index is 1390. The zero-order chi connectivity index (χ0) is 24.2. The highest BCUT2D eigenvalue weighted by molar-refractivity contribution is 8.18. The number of carbonyl (C=O) groups excluding carboxylic acids is 3. The molecule has 1 saturated heterocycles. The molecule has 0 spiro atoms. The molecule has 8 nitrogen and oxygen atoms in total. The second-order valence-corrected chi connectivity index (χ2v) is 9.13. The van der Waals surface area contributed by atoms with E-state index in [1.807, 2.05) is 0 Å². The number of imide groups is 1. The van der Waals surface area contributed by atoms with Gasteiger partial charge < -0.3 is 10.3 Å². The number of nitrogens with one attached hydrogen (secondary N) is 2. The molecule has 0 saturated carbocycles. The first-order valence-electron chi connectivity index (χ1n) is 10.3. The standard InChI is InChI=1S/C23H18Cl2N4O4S/c24-15-6-3-4-13(20(15)25)12-17-22(32)29(23(33)34-17)11-10-26-19(30)9-8-18-27-16-7-2-1-5-14(16)21(31)28-18/h1-7,12H,8-11H2,(H,26,30)(H,27,28,31)/b17-12-. The number of aromatic amines is 1. The van der Waals surface area contributed by atoms with Crippen LogP contribution in [0.15, 0.2) is 52.2 Å². The van der Waals surface area contributed by atoms with E-state index in [1.54, 1.807) is 42.5 Å². The molecule has 1 aromatic heterocycles. The van der Waals surface area contributed by atoms with Crippen molar-refractivity contribution in [2.75, 3.05) is 13.1 Å². The summed E-state index contributed by atoms with van der Waals surface area (Å²) in [5, 5.41) is 3.38. The van der Waals surface area contributed by atoms with E-state index in [0.29, 0.717) is 32.3 Å². The van der Waals surface area contributed by atoms with Gasteiger partial charge in [0.2, 0.25) is 5.91 Å². The summed E-state index contributed by atoms with van der Waals surface area (Å²) in [5.41, 5.74) is 0.842. The number of carbonyl (C=O) groups is 3. The first-order valence-corrected chi connectivity index (χ1v) is 11.8. The molecule has 1 aliphatic heterocycles. The van der Waals surface area contributed by atoms with Gasteiger partial charge in [-0.15, -0.1) is 0 Å². The maximum absolute atomic E-state index is 12.6. The first kappa shape index (κ1) is 24.0. The fraction of sp³-hybridized carbons (Fsp3) is 0.174. The molecule has 0 unspecified atom stereocenters. The van der Waals surface area contributed by atoms with E-state index in [1.165, 1.54) is 6.08 Å². The number of hydrogen-bond donors (Lipinski definition) is 2. The SMILES string of the molecule is O=C(CCc1nc2ccccc2c(=O)[nH]1)NCCN1C(=O)S/C(=C\c2cccc(Cl)c2Cl)C1=O. The van der Waals surface area contributed by atoms with Crippen LogP contribution in [0.1, 0.15) is 17.8 Å². The molecular weight excluding hydrogens is 499 g/mol. The number of para-hydroxylation sites is 1. The fourth-order valence-corrected chi connectivity index (χ4v) is 4.56. The fourth-order valence-electron chi connectivity index (χ4n) is 3.35. The molecular formula is C23H18Cl2N4O4S. The highest BCUT2D eigenvalue weighted by atomic mass is 35.5. The molecule has 0 atom stereocenters. The largest absolute Gasteiger partial charge is 0.354 e. The lowest BCUT2D eigenvalue weighted by Gasteiger charge is -2.13. The summed E-state index contributed by atoms with van der Waals surface area (Å²) in [4.78, 5) is 57.6. The summed E-state index contributed by atoms with van der Waals surface area (Å²) in [6, 6.07) is 12.0. The second-order valence-electron chi connectivity index (χ2n) is 7.36. The van der Waals surface area contributed by atoms with E-state index in [4.69, 9.17) is 23.2 Å². The third-order valence-electron chi connectivity index (χ3n) is 5.05. The number of aryl methyl sites for hydroxylation is 1. The van der Waals surface area contributed by atoms with Crippen molar-refractivity contribution >= 4 is 69.0 Å². The van der Waals surface area contributed by atoms with Gasteiger partial charge in [-0.1, -0.05) is 47.5 Å². The Morgan fingerprint density at radius 1 is 1.12 bits per heavy atom. The topological polar surface area (TPSA) is 112 Å². The van der Waals surface area contributed by atoms with Crippen molar-refractivity contribution in [1.82, 2.24) is 20.2 Å². The summed E-state index contributed by atoms with van der Waals surface area (Å²) in [7, 11) is 0. The number of halogens is 2. The van der Waals surface area contributed by atoms with Gasteiger partial charge in [0.25, 0.3) is 16.7 Å². The minimum absolute atomic E-state index is 0.0298. The Morgan fingerprint density at radius 2 is 1.91 bits per heavy atom. The van der Waals surface area contributed by atoms with Crippen LogP contribution in [-0.2, 0) is 16.0 Å². The Kier molecular flexibility index (Phi) is 7.35. The smallest absolute Gasteiger partial charge is 0.293 e. The van der Waals surface area contributed by atoms with Gasteiger partial charge in [-0.25, -0.2) is 4.98 Å². The minimum atomic E-state index is -0.460. The van der Waals surface area contributed by atoms with Crippen LogP contribution in [0.25, 0.3) is 17.0 Å². The quantitative estimate of drug-likeness (QED) is 0.458. The molecule has 1 fully saturated rings. The summed E-state index contributed by atoms with van der Waals surface area (Å²) in [5.74, 6) is -0.336. The summed E-state index contributed by atoms with van der Waals surface area (Å²) in [6.45, 7) is 0.131. The van der Waals surface area contributed by atoms with Crippen LogP contribution in [0.3, 0.4) is 0 Å². The molecule has 0 bridgehead atoms. The summed E-state index contributed by atoms with van der Waals surface area (Å²) in [6.07, 6.45) is 1.86. The molecule has 3 amide bonds. The first-order chi connectivity index (χ1) is 16.3. The molecule has 2 heterocycles. The molecule has 3 aromatic rings. The van der Waals surface area contributed by atoms with E-state index in [2.05, 4.69) is 15.3 Å². The zero-order valence-electron chi connectivity index (χ0n) is 17.6. The van der Waals surface area contributed by atoms with Gasteiger partial charge in [-0.3, -0.25) is 24.1 Å². The highest BCUT2D eigenvalue weighted by Crippen LogP contribution is 2.34. The summed E-state index contributed by atoms with van der Waals surface area (Å²) < 4.78 is 0. The van der Waals surface area contributed by atoms with Gasteiger partial charge >= 0.3 is 0 Å². The Hall–Kier alpha value is -3.14. The second kappa shape index (κ2) is 10.4. The van der Waals surface area contributed by atoms with Crippen LogP contribution in [0, 0.1) is 0 Å². The molecule has 1 aliphatic rings. The number of fused-ring (bicyclic) bond motifs is 1. The minimum Gasteiger partial charge on any atom is -0.354 e. The van der Waals surface area contributed by atoms with Crippen molar-refractivity contribution in [2.24, 2.45) is 0 Å². The number of H-pyrrole nitrogens is 1. The molecule has 0 aliphatic carbocycles. The lowest BCUT2D eigenvalue weighted by atomic mass is 10.2. The number of hydrogen-bond acceptors (Lipinski definition) is 6. The van der Waals surface area contributed by atoms with Crippen molar-refractivity contribution in [3.05, 3.63) is 79.2 Å². The number of rotatable bonds is 7. The molecule has 34 heavy (non-hydrogen) atoms. The van der Waals surface area contributed by atoms with Crippen molar-refractivity contribution in [3.63, 3.8) is 0 Å². The average molecular weight is 517 g/mol. The molecule has 11 heteroatoms. The predicted octanol–water partition coefficient (Wildman–Crippen LogP) is 4.02. The summed E-state index contributed by atoms with van der Waals surface area (Å²) >= 11 is 13.0. The molecule has 174 valence electrons. The number of nitrogens with zero attached hydrogens (tertiary/aromatic N) is 2. The Labute approximate surface area is 208 Å². The van der Waals surface area contributed by atoms with Crippen molar-refractivity contribution in [2.45, 2.75) is 12.8 Å². The third kappa shape index (κ3) is 5.32. The van der Waals surface area contributed by atoms with Gasteiger partial charge in [0, 0.05) is 25.9 Å². The predicted molar refractivity (Wildman–Crippen MR) is 133 cm³/mol. The van der Waals surface area contributed by atoms with Gasteiger partial charge in [0.05, 0.1) is 25.9 Å². The van der Waals surface area contributed by atoms with E-state index < -0.39 is 11.1 Å². The molecule has 0 radical (unpaired) electrons. The number of benzene rings is 2. The van der Waals surface area contributed by atoms with E-state index in [9.17, 15) is 19.2 Å². The van der Waals surface area contributed by atoms with Gasteiger partial charge in [-0.05, 0) is 41.6 Å². The van der Waals surface area contributed by atoms with Crippen molar-refractivity contribution < 1.29 is 14.4 Å². The highest BCUT2D eigenvalue weighted by Gasteiger charge is 2.34. The number of amides is 3. The van der Waals surface area contributed by atoms with Crippen LogP contribution in [-0.4, -0.2) is 45.0 Å². The lowest BCUT2D eigenvalue weighted by Crippen LogP contribution is -2.37. The van der Waals surface area contributed by atoms with E-state index >= 15 is 0 Å². The van der Waals surface area contributed by atoms with Crippen LogP contribution in [0.4, 0.5) is 4.79 Å². The third-order valence-corrected chi connectivity index (χ3v) is 6.79. The van der Waals surface area contributed by atoms with Crippen molar-refractivity contribution in [3.8, 4) is 0 Å². The molecule has 2 N–H and O–H groups in total. The molecule has 4 rings (SSSR count). The normalized spacial score (nSPS) is 14.9. The van der Waals surface area contributed by atoms with E-state index in [0.717, 1.165) is 16.7 Å². The average Bonchev–Trinajstić information content (AvgIpc) is 3.08. The van der Waals surface area contributed by atoms with Crippen LogP contribution < -0.4 is 10.9 Å². The maximum Gasteiger partial charge on any atom is 0.293 e. The van der Waals surface area contributed by atoms with Crippen LogP contribution in [0.2, 0.25) is 10.0 Å². The van der Waals surface area contributed by atoms with E-state index in [-0.39, 0.29) is 42.3 Å². The van der Waals surface area contributed by atoms with Crippen LogP contribution >= 0.6 is 35.0 Å². The lowest BCUT2D eigenvalue weighted by molar-refractivity contribution is -0.124. The van der Waals surface area contributed by atoms with Crippen molar-refractivity contribution in [1.29, 1.82) is 0 Å². The van der Waals surface area contributed by atoms with Gasteiger partial charge in [0.1, 0.15) is 5.82 Å². The zero-order valence-corrected chi connectivity index (χ0v) is 20.0. The number of aromatic nitrogens is 2. The Morgan fingerprint density at radius 3 is 2.74 bits per heavy atom. The van der Waals surface area contributed by atoms with Gasteiger partial charge in [0.15, 0.2) is 0 Å².